The van der Waals surface area contributed by atoms with Crippen LogP contribution in [-0.2, 0) is 11.3 Å². The Balaban J connectivity index is 1.86. The van der Waals surface area contributed by atoms with Crippen LogP contribution in [0.15, 0.2) is 40.3 Å². The van der Waals surface area contributed by atoms with E-state index >= 15 is 0 Å². The summed E-state index contributed by atoms with van der Waals surface area (Å²) in [5.74, 6) is -5.25. The molecule has 30 heavy (non-hydrogen) atoms. The smallest absolute Gasteiger partial charge is 0.262 e. The number of halogens is 4. The molecule has 158 valence electrons. The lowest BCUT2D eigenvalue weighted by atomic mass is 10.2. The zero-order chi connectivity index (χ0) is 22.0. The third-order valence-corrected chi connectivity index (χ3v) is 5.28. The van der Waals surface area contributed by atoms with E-state index in [0.29, 0.717) is 27.6 Å². The zero-order valence-electron chi connectivity index (χ0n) is 16.0. The monoisotopic (exact) mass is 455 g/mol. The predicted octanol–water partition coefficient (Wildman–Crippen LogP) is 4.85. The molecular weight excluding hydrogens is 439 g/mol. The number of nitrogens with one attached hydrogen (secondary N) is 1. The summed E-state index contributed by atoms with van der Waals surface area (Å²) in [7, 11) is 0. The molecule has 3 aromatic rings. The molecule has 0 aliphatic heterocycles. The maximum atomic E-state index is 13.7. The van der Waals surface area contributed by atoms with Crippen molar-refractivity contribution in [3.63, 3.8) is 0 Å². The standard InChI is InChI=1S/C20H17ClF3N3O2S/c1-10(2)8-27-19(29)12-7-11(21)3-5-14(12)26-20(27)30-9-16(28)25-15-6-4-13(22)17(23)18(15)24/h3-7,10H,8-9H2,1-2H3,(H,25,28). The molecule has 1 amide bonds. The highest BCUT2D eigenvalue weighted by molar-refractivity contribution is 7.99. The normalized spacial score (nSPS) is 11.3. The van der Waals surface area contributed by atoms with Gasteiger partial charge in [0.15, 0.2) is 22.6 Å². The molecule has 3 rings (SSSR count). The molecule has 0 atom stereocenters. The van der Waals surface area contributed by atoms with Gasteiger partial charge < -0.3 is 5.32 Å². The van der Waals surface area contributed by atoms with E-state index in [0.717, 1.165) is 23.9 Å². The Morgan fingerprint density at radius 1 is 1.20 bits per heavy atom. The predicted molar refractivity (Wildman–Crippen MR) is 112 cm³/mol. The van der Waals surface area contributed by atoms with Gasteiger partial charge in [0.25, 0.3) is 5.56 Å². The minimum absolute atomic E-state index is 0.130. The van der Waals surface area contributed by atoms with Gasteiger partial charge in [-0.2, -0.15) is 0 Å². The van der Waals surface area contributed by atoms with Crippen molar-refractivity contribution in [2.75, 3.05) is 11.1 Å². The fourth-order valence-corrected chi connectivity index (χ4v) is 3.73. The van der Waals surface area contributed by atoms with Crippen LogP contribution in [0.4, 0.5) is 18.9 Å². The molecular formula is C20H17ClF3N3O2S. The van der Waals surface area contributed by atoms with Crippen molar-refractivity contribution in [1.29, 1.82) is 0 Å². The molecule has 2 aromatic carbocycles. The number of rotatable bonds is 6. The third-order valence-electron chi connectivity index (χ3n) is 4.07. The second-order valence-electron chi connectivity index (χ2n) is 6.93. The number of anilines is 1. The molecule has 0 spiro atoms. The van der Waals surface area contributed by atoms with Crippen LogP contribution < -0.4 is 10.9 Å². The quantitative estimate of drug-likeness (QED) is 0.328. The topological polar surface area (TPSA) is 64.0 Å². The molecule has 5 nitrogen and oxygen atoms in total. The maximum Gasteiger partial charge on any atom is 0.262 e. The Morgan fingerprint density at radius 3 is 2.63 bits per heavy atom. The highest BCUT2D eigenvalue weighted by Crippen LogP contribution is 2.23. The van der Waals surface area contributed by atoms with Crippen LogP contribution in [0.1, 0.15) is 13.8 Å². The van der Waals surface area contributed by atoms with E-state index in [9.17, 15) is 22.8 Å². The number of hydrogen-bond acceptors (Lipinski definition) is 4. The Morgan fingerprint density at radius 2 is 1.93 bits per heavy atom. The average Bonchev–Trinajstić information content (AvgIpc) is 2.69. The Bertz CT molecular complexity index is 1180. The van der Waals surface area contributed by atoms with Gasteiger partial charge in [0.05, 0.1) is 22.3 Å². The third kappa shape index (κ3) is 4.79. The van der Waals surface area contributed by atoms with Crippen molar-refractivity contribution < 1.29 is 18.0 Å². The van der Waals surface area contributed by atoms with E-state index in [-0.39, 0.29) is 17.2 Å². The van der Waals surface area contributed by atoms with E-state index in [4.69, 9.17) is 11.6 Å². The van der Waals surface area contributed by atoms with E-state index in [1.54, 1.807) is 12.1 Å². The number of thioether (sulfide) groups is 1. The largest absolute Gasteiger partial charge is 0.323 e. The first kappa shape index (κ1) is 22.2. The molecule has 0 unspecified atom stereocenters. The van der Waals surface area contributed by atoms with Gasteiger partial charge in [0.2, 0.25) is 5.91 Å². The number of amides is 1. The lowest BCUT2D eigenvalue weighted by molar-refractivity contribution is -0.113. The lowest BCUT2D eigenvalue weighted by Crippen LogP contribution is -2.26. The highest BCUT2D eigenvalue weighted by atomic mass is 35.5. The number of nitrogens with zero attached hydrogens (tertiary/aromatic N) is 2. The summed E-state index contributed by atoms with van der Waals surface area (Å²) < 4.78 is 41.6. The minimum atomic E-state index is -1.67. The summed E-state index contributed by atoms with van der Waals surface area (Å²) in [6.45, 7) is 4.24. The summed E-state index contributed by atoms with van der Waals surface area (Å²) >= 11 is 6.97. The summed E-state index contributed by atoms with van der Waals surface area (Å²) in [6, 6.07) is 6.41. The van der Waals surface area contributed by atoms with E-state index in [2.05, 4.69) is 10.3 Å². The zero-order valence-corrected chi connectivity index (χ0v) is 17.6. The minimum Gasteiger partial charge on any atom is -0.323 e. The highest BCUT2D eigenvalue weighted by Gasteiger charge is 2.17. The van der Waals surface area contributed by atoms with Crippen LogP contribution >= 0.6 is 23.4 Å². The van der Waals surface area contributed by atoms with Crippen LogP contribution in [0.25, 0.3) is 10.9 Å². The molecule has 1 aromatic heterocycles. The molecule has 0 bridgehead atoms. The Labute approximate surface area is 179 Å². The molecule has 0 saturated carbocycles. The van der Waals surface area contributed by atoms with E-state index < -0.39 is 29.0 Å². The van der Waals surface area contributed by atoms with Gasteiger partial charge in [0.1, 0.15) is 0 Å². The van der Waals surface area contributed by atoms with Crippen molar-refractivity contribution in [2.24, 2.45) is 5.92 Å². The van der Waals surface area contributed by atoms with Gasteiger partial charge in [-0.25, -0.2) is 18.2 Å². The number of fused-ring (bicyclic) bond motifs is 1. The first-order valence-electron chi connectivity index (χ1n) is 8.93. The van der Waals surface area contributed by atoms with Crippen molar-refractivity contribution in [3.05, 3.63) is 63.2 Å². The van der Waals surface area contributed by atoms with Gasteiger partial charge >= 0.3 is 0 Å². The molecule has 1 N–H and O–H groups in total. The van der Waals surface area contributed by atoms with Crippen LogP contribution in [0.5, 0.6) is 0 Å². The molecule has 0 aliphatic carbocycles. The molecule has 1 heterocycles. The van der Waals surface area contributed by atoms with Crippen LogP contribution in [-0.4, -0.2) is 21.2 Å². The number of aromatic nitrogens is 2. The average molecular weight is 456 g/mol. The number of hydrogen-bond donors (Lipinski definition) is 1. The molecule has 0 saturated heterocycles. The van der Waals surface area contributed by atoms with Gasteiger partial charge in [-0.1, -0.05) is 37.2 Å². The van der Waals surface area contributed by atoms with E-state index in [1.165, 1.54) is 10.6 Å². The van der Waals surface area contributed by atoms with Crippen molar-refractivity contribution >= 4 is 45.9 Å². The van der Waals surface area contributed by atoms with Gasteiger partial charge in [0, 0.05) is 11.6 Å². The first-order chi connectivity index (χ1) is 14.2. The van der Waals surface area contributed by atoms with Gasteiger partial charge in [-0.05, 0) is 36.2 Å². The van der Waals surface area contributed by atoms with Gasteiger partial charge in [-0.15, -0.1) is 0 Å². The molecule has 10 heteroatoms. The summed E-state index contributed by atoms with van der Waals surface area (Å²) in [4.78, 5) is 29.6. The number of carbonyl (C=O) groups excluding carboxylic acids is 1. The maximum absolute atomic E-state index is 13.7. The number of benzene rings is 2. The molecule has 0 radical (unpaired) electrons. The van der Waals surface area contributed by atoms with Crippen LogP contribution in [0.2, 0.25) is 5.02 Å². The van der Waals surface area contributed by atoms with Crippen molar-refractivity contribution in [2.45, 2.75) is 25.5 Å². The first-order valence-corrected chi connectivity index (χ1v) is 10.3. The van der Waals surface area contributed by atoms with E-state index in [1.807, 2.05) is 13.8 Å². The SMILES string of the molecule is CC(C)Cn1c(SCC(=O)Nc2ccc(F)c(F)c2F)nc2ccc(Cl)cc2c1=O. The fraction of sp³-hybridized carbons (Fsp3) is 0.250. The van der Waals surface area contributed by atoms with Crippen LogP contribution in [0, 0.1) is 23.4 Å². The summed E-state index contributed by atoms with van der Waals surface area (Å²) in [5.41, 5.74) is -0.329. The lowest BCUT2D eigenvalue weighted by Gasteiger charge is -2.15. The van der Waals surface area contributed by atoms with Crippen LogP contribution in [0.3, 0.4) is 0 Å². The molecule has 0 fully saturated rings. The summed E-state index contributed by atoms with van der Waals surface area (Å²) in [5, 5.41) is 3.27. The number of carbonyl (C=O) groups is 1. The second-order valence-corrected chi connectivity index (χ2v) is 8.30. The van der Waals surface area contributed by atoms with Crippen molar-refractivity contribution in [3.8, 4) is 0 Å². The Kier molecular flexibility index (Phi) is 6.72. The van der Waals surface area contributed by atoms with Gasteiger partial charge in [-0.3, -0.25) is 14.2 Å². The fourth-order valence-electron chi connectivity index (χ4n) is 2.75. The molecule has 0 aliphatic rings. The van der Waals surface area contributed by atoms with Crippen molar-refractivity contribution in [1.82, 2.24) is 9.55 Å². The Hall–Kier alpha value is -2.52. The summed E-state index contributed by atoms with van der Waals surface area (Å²) in [6.07, 6.45) is 0. The second kappa shape index (κ2) is 9.09.